The molecule has 0 aliphatic heterocycles. The van der Waals surface area contributed by atoms with Crippen molar-refractivity contribution >= 4 is 23.3 Å². The first-order chi connectivity index (χ1) is 6.51. The molecule has 0 rings (SSSR count). The van der Waals surface area contributed by atoms with Crippen molar-refractivity contribution < 1.29 is 9.59 Å². The van der Waals surface area contributed by atoms with Crippen molar-refractivity contribution in [1.82, 2.24) is 5.32 Å². The van der Waals surface area contributed by atoms with Crippen molar-refractivity contribution in [2.24, 2.45) is 5.92 Å². The van der Waals surface area contributed by atoms with E-state index in [1.54, 1.807) is 0 Å². The fourth-order valence-electron chi connectivity index (χ4n) is 1.10. The summed E-state index contributed by atoms with van der Waals surface area (Å²) in [7, 11) is 0. The summed E-state index contributed by atoms with van der Waals surface area (Å²) in [6, 6.07) is -0.226. The summed E-state index contributed by atoms with van der Waals surface area (Å²) in [5.74, 6) is 0.343. The van der Waals surface area contributed by atoms with Crippen molar-refractivity contribution in [2.75, 3.05) is 5.88 Å². The third-order valence-corrected chi connectivity index (χ3v) is 2.58. The van der Waals surface area contributed by atoms with Gasteiger partial charge in [0, 0.05) is 31.2 Å². The van der Waals surface area contributed by atoms with Gasteiger partial charge in [-0.15, -0.1) is 11.6 Å². The first-order valence-electron chi connectivity index (χ1n) is 4.87. The predicted molar refractivity (Wildman–Crippen MR) is 57.4 cm³/mol. The van der Waals surface area contributed by atoms with Crippen LogP contribution in [0.1, 0.15) is 33.6 Å². The highest BCUT2D eigenvalue weighted by atomic mass is 35.5. The van der Waals surface area contributed by atoms with Crippen molar-refractivity contribution in [3.8, 4) is 0 Å². The van der Waals surface area contributed by atoms with Gasteiger partial charge in [0.25, 0.3) is 0 Å². The van der Waals surface area contributed by atoms with Gasteiger partial charge in [-0.05, 0) is 6.42 Å². The first kappa shape index (κ1) is 13.4. The van der Waals surface area contributed by atoms with Gasteiger partial charge in [0.05, 0.1) is 0 Å². The van der Waals surface area contributed by atoms with Gasteiger partial charge < -0.3 is 5.32 Å². The molecule has 14 heavy (non-hydrogen) atoms. The molecule has 2 unspecified atom stereocenters. The number of amides is 1. The molecule has 0 radical (unpaired) electrons. The highest BCUT2D eigenvalue weighted by Crippen LogP contribution is 2.08. The van der Waals surface area contributed by atoms with Gasteiger partial charge in [-0.3, -0.25) is 9.59 Å². The SMILES string of the molecule is CCC(C)C(=O)CC(CCl)NC(C)=O. The molecule has 0 aromatic rings. The zero-order chi connectivity index (χ0) is 11.1. The summed E-state index contributed by atoms with van der Waals surface area (Å²) >= 11 is 5.64. The Morgan fingerprint density at radius 1 is 1.43 bits per heavy atom. The minimum atomic E-state index is -0.226. The Balaban J connectivity index is 4.04. The normalized spacial score (nSPS) is 14.6. The molecule has 3 nitrogen and oxygen atoms in total. The second-order valence-corrected chi connectivity index (χ2v) is 3.84. The molecule has 0 bridgehead atoms. The number of Topliss-reactive ketones (excluding diaryl/α,β-unsaturated/α-hetero) is 1. The fourth-order valence-corrected chi connectivity index (χ4v) is 1.29. The largest absolute Gasteiger partial charge is 0.352 e. The van der Waals surface area contributed by atoms with E-state index in [4.69, 9.17) is 11.6 Å². The summed E-state index contributed by atoms with van der Waals surface area (Å²) in [6.07, 6.45) is 1.16. The molecule has 0 aliphatic carbocycles. The van der Waals surface area contributed by atoms with Crippen molar-refractivity contribution in [2.45, 2.75) is 39.7 Å². The quantitative estimate of drug-likeness (QED) is 0.692. The van der Waals surface area contributed by atoms with Crippen molar-refractivity contribution in [3.63, 3.8) is 0 Å². The fraction of sp³-hybridized carbons (Fsp3) is 0.800. The highest BCUT2D eigenvalue weighted by molar-refractivity contribution is 6.18. The van der Waals surface area contributed by atoms with Gasteiger partial charge in [-0.2, -0.15) is 0 Å². The Morgan fingerprint density at radius 2 is 2.00 bits per heavy atom. The molecule has 0 heterocycles. The minimum absolute atomic E-state index is 0.0504. The summed E-state index contributed by atoms with van der Waals surface area (Å²) in [6.45, 7) is 5.28. The predicted octanol–water partition coefficient (Wildman–Crippen LogP) is 1.74. The number of ketones is 1. The number of rotatable bonds is 6. The van der Waals surface area contributed by atoms with Crippen LogP contribution in [0.25, 0.3) is 0 Å². The van der Waals surface area contributed by atoms with Gasteiger partial charge in [0.2, 0.25) is 5.91 Å². The zero-order valence-electron chi connectivity index (χ0n) is 8.97. The average Bonchev–Trinajstić information content (AvgIpc) is 2.14. The topological polar surface area (TPSA) is 46.2 Å². The molecule has 4 heteroatoms. The third kappa shape index (κ3) is 5.22. The van der Waals surface area contributed by atoms with E-state index < -0.39 is 0 Å². The lowest BCUT2D eigenvalue weighted by Gasteiger charge is -2.16. The van der Waals surface area contributed by atoms with Gasteiger partial charge >= 0.3 is 0 Å². The summed E-state index contributed by atoms with van der Waals surface area (Å²) in [5.41, 5.74) is 0. The van der Waals surface area contributed by atoms with Gasteiger partial charge in [-0.1, -0.05) is 13.8 Å². The number of carbonyl (C=O) groups excluding carboxylic acids is 2. The molecule has 0 aliphatic rings. The maximum Gasteiger partial charge on any atom is 0.217 e. The highest BCUT2D eigenvalue weighted by Gasteiger charge is 2.17. The van der Waals surface area contributed by atoms with Crippen LogP contribution >= 0.6 is 11.6 Å². The van der Waals surface area contributed by atoms with E-state index in [-0.39, 0.29) is 29.5 Å². The maximum absolute atomic E-state index is 11.5. The van der Waals surface area contributed by atoms with Crippen LogP contribution in [0, 0.1) is 5.92 Å². The van der Waals surface area contributed by atoms with E-state index in [0.29, 0.717) is 6.42 Å². The van der Waals surface area contributed by atoms with Crippen LogP contribution in [0.2, 0.25) is 0 Å². The molecular formula is C10H18ClNO2. The molecule has 1 N–H and O–H groups in total. The summed E-state index contributed by atoms with van der Waals surface area (Å²) < 4.78 is 0. The van der Waals surface area contributed by atoms with Crippen LogP contribution in [0.4, 0.5) is 0 Å². The van der Waals surface area contributed by atoms with E-state index >= 15 is 0 Å². The lowest BCUT2D eigenvalue weighted by atomic mass is 9.98. The summed E-state index contributed by atoms with van der Waals surface area (Å²) in [5, 5.41) is 2.65. The lowest BCUT2D eigenvalue weighted by molar-refractivity contribution is -0.123. The molecule has 0 saturated heterocycles. The first-order valence-corrected chi connectivity index (χ1v) is 5.40. The Morgan fingerprint density at radius 3 is 2.36 bits per heavy atom. The molecule has 0 saturated carbocycles. The maximum atomic E-state index is 11.5. The van der Waals surface area contributed by atoms with Crippen LogP contribution in [0.15, 0.2) is 0 Å². The van der Waals surface area contributed by atoms with Crippen molar-refractivity contribution in [1.29, 1.82) is 0 Å². The third-order valence-electron chi connectivity index (χ3n) is 2.20. The molecule has 0 aromatic heterocycles. The number of nitrogens with one attached hydrogen (secondary N) is 1. The minimum Gasteiger partial charge on any atom is -0.352 e. The number of carbonyl (C=O) groups is 2. The molecule has 82 valence electrons. The molecular weight excluding hydrogens is 202 g/mol. The second-order valence-electron chi connectivity index (χ2n) is 3.53. The molecule has 0 spiro atoms. The standard InChI is InChI=1S/C10H18ClNO2/c1-4-7(2)10(14)5-9(6-11)12-8(3)13/h7,9H,4-6H2,1-3H3,(H,12,13). The molecule has 0 aromatic carbocycles. The van der Waals surface area contributed by atoms with Crippen LogP contribution in [0.5, 0.6) is 0 Å². The number of hydrogen-bond acceptors (Lipinski definition) is 2. The van der Waals surface area contributed by atoms with Crippen LogP contribution in [0.3, 0.4) is 0 Å². The van der Waals surface area contributed by atoms with Crippen LogP contribution in [-0.4, -0.2) is 23.6 Å². The van der Waals surface area contributed by atoms with E-state index in [0.717, 1.165) is 6.42 Å². The number of alkyl halides is 1. The summed E-state index contributed by atoms with van der Waals surface area (Å²) in [4.78, 5) is 22.3. The number of halogens is 1. The van der Waals surface area contributed by atoms with Gasteiger partial charge in [0.1, 0.15) is 5.78 Å². The Hall–Kier alpha value is -0.570. The molecule has 1 amide bonds. The average molecular weight is 220 g/mol. The smallest absolute Gasteiger partial charge is 0.217 e. The number of hydrogen-bond donors (Lipinski definition) is 1. The Bertz CT molecular complexity index is 206. The van der Waals surface area contributed by atoms with E-state index in [1.165, 1.54) is 6.92 Å². The van der Waals surface area contributed by atoms with Gasteiger partial charge in [-0.25, -0.2) is 0 Å². The van der Waals surface area contributed by atoms with Gasteiger partial charge in [0.15, 0.2) is 0 Å². The van der Waals surface area contributed by atoms with E-state index in [1.807, 2.05) is 13.8 Å². The Kier molecular flexibility index (Phi) is 6.54. The monoisotopic (exact) mass is 219 g/mol. The molecule has 0 fully saturated rings. The van der Waals surface area contributed by atoms with Crippen LogP contribution in [-0.2, 0) is 9.59 Å². The second kappa shape index (κ2) is 6.82. The zero-order valence-corrected chi connectivity index (χ0v) is 9.73. The van der Waals surface area contributed by atoms with E-state index in [2.05, 4.69) is 5.32 Å². The Labute approximate surface area is 90.2 Å². The molecule has 2 atom stereocenters. The van der Waals surface area contributed by atoms with Crippen LogP contribution < -0.4 is 5.32 Å². The van der Waals surface area contributed by atoms with Crippen molar-refractivity contribution in [3.05, 3.63) is 0 Å². The van der Waals surface area contributed by atoms with E-state index in [9.17, 15) is 9.59 Å². The lowest BCUT2D eigenvalue weighted by Crippen LogP contribution is -2.37.